The number of rotatable bonds is 5. The van der Waals surface area contributed by atoms with Crippen LogP contribution in [0.4, 0.5) is 0 Å². The van der Waals surface area contributed by atoms with Crippen molar-refractivity contribution in [3.05, 3.63) is 34.9 Å². The number of nitrogens with one attached hydrogen (secondary N) is 1. The van der Waals surface area contributed by atoms with Gasteiger partial charge in [-0.3, -0.25) is 10.2 Å². The number of carbonyl (C=O) groups excluding carboxylic acids is 1. The van der Waals surface area contributed by atoms with Crippen LogP contribution >= 0.6 is 0 Å². The fourth-order valence-corrected chi connectivity index (χ4v) is 1.90. The van der Waals surface area contributed by atoms with Crippen molar-refractivity contribution >= 4 is 5.91 Å². The SMILES string of the molecule is Cc1ccc(C(C)C)cc1CC(N)C(=O)NN(C)C. The molecule has 1 unspecified atom stereocenters. The van der Waals surface area contributed by atoms with Gasteiger partial charge in [0.1, 0.15) is 0 Å². The zero-order valence-electron chi connectivity index (χ0n) is 12.5. The van der Waals surface area contributed by atoms with E-state index < -0.39 is 6.04 Å². The predicted octanol–water partition coefficient (Wildman–Crippen LogP) is 1.58. The van der Waals surface area contributed by atoms with E-state index in [9.17, 15) is 4.79 Å². The van der Waals surface area contributed by atoms with E-state index in [0.29, 0.717) is 12.3 Å². The van der Waals surface area contributed by atoms with Crippen LogP contribution in [-0.2, 0) is 11.2 Å². The largest absolute Gasteiger partial charge is 0.320 e. The highest BCUT2D eigenvalue weighted by Crippen LogP contribution is 2.19. The molecule has 0 heterocycles. The van der Waals surface area contributed by atoms with Gasteiger partial charge >= 0.3 is 0 Å². The Morgan fingerprint density at radius 2 is 2.00 bits per heavy atom. The molecule has 0 radical (unpaired) electrons. The average molecular weight is 263 g/mol. The summed E-state index contributed by atoms with van der Waals surface area (Å²) in [7, 11) is 3.55. The van der Waals surface area contributed by atoms with Crippen molar-refractivity contribution in [3.8, 4) is 0 Å². The number of aryl methyl sites for hydroxylation is 1. The molecule has 3 N–H and O–H groups in total. The first-order valence-corrected chi connectivity index (χ1v) is 6.64. The lowest BCUT2D eigenvalue weighted by atomic mass is 9.94. The summed E-state index contributed by atoms with van der Waals surface area (Å²) in [5, 5.41) is 1.61. The Morgan fingerprint density at radius 1 is 1.37 bits per heavy atom. The molecule has 0 saturated carbocycles. The van der Waals surface area contributed by atoms with E-state index in [1.165, 1.54) is 11.1 Å². The molecule has 1 aromatic rings. The lowest BCUT2D eigenvalue weighted by Crippen LogP contribution is -2.47. The third-order valence-corrected chi connectivity index (χ3v) is 3.15. The molecule has 0 bridgehead atoms. The number of nitrogens with two attached hydrogens (primary N) is 1. The molecule has 106 valence electrons. The quantitative estimate of drug-likeness (QED) is 0.793. The number of benzene rings is 1. The molecule has 1 aromatic carbocycles. The summed E-state index contributed by atoms with van der Waals surface area (Å²) < 4.78 is 0. The second-order valence-electron chi connectivity index (χ2n) is 5.52. The van der Waals surface area contributed by atoms with Gasteiger partial charge in [-0.1, -0.05) is 32.0 Å². The molecular formula is C15H25N3O. The molecule has 0 aromatic heterocycles. The van der Waals surface area contributed by atoms with Gasteiger partial charge in [-0.05, 0) is 36.0 Å². The van der Waals surface area contributed by atoms with Gasteiger partial charge in [-0.2, -0.15) is 0 Å². The smallest absolute Gasteiger partial charge is 0.251 e. The standard InChI is InChI=1S/C15H25N3O/c1-10(2)12-7-6-11(3)13(8-12)9-14(16)15(19)17-18(4)5/h6-8,10,14H,9,16H2,1-5H3,(H,17,19). The fraction of sp³-hybridized carbons (Fsp3) is 0.533. The summed E-state index contributed by atoms with van der Waals surface area (Å²) in [6.45, 7) is 6.37. The Kier molecular flexibility index (Phi) is 5.51. The normalized spacial score (nSPS) is 12.8. The van der Waals surface area contributed by atoms with Crippen molar-refractivity contribution in [1.82, 2.24) is 10.4 Å². The minimum atomic E-state index is -0.525. The maximum absolute atomic E-state index is 11.8. The highest BCUT2D eigenvalue weighted by atomic mass is 16.2. The van der Waals surface area contributed by atoms with Crippen molar-refractivity contribution in [2.45, 2.75) is 39.2 Å². The lowest BCUT2D eigenvalue weighted by Gasteiger charge is -2.18. The third kappa shape index (κ3) is 4.65. The number of hydrogen-bond donors (Lipinski definition) is 2. The van der Waals surface area contributed by atoms with Gasteiger partial charge < -0.3 is 5.73 Å². The van der Waals surface area contributed by atoms with Crippen molar-refractivity contribution in [2.24, 2.45) is 5.73 Å². The molecule has 4 nitrogen and oxygen atoms in total. The summed E-state index contributed by atoms with van der Waals surface area (Å²) in [5.41, 5.74) is 12.2. The van der Waals surface area contributed by atoms with E-state index in [4.69, 9.17) is 5.73 Å². The molecule has 1 rings (SSSR count). The number of hydrazine groups is 1. The van der Waals surface area contributed by atoms with Crippen LogP contribution < -0.4 is 11.2 Å². The van der Waals surface area contributed by atoms with Crippen LogP contribution in [0.5, 0.6) is 0 Å². The van der Waals surface area contributed by atoms with Gasteiger partial charge in [0.15, 0.2) is 0 Å². The van der Waals surface area contributed by atoms with E-state index in [-0.39, 0.29) is 5.91 Å². The number of nitrogens with zero attached hydrogens (tertiary/aromatic N) is 1. The summed E-state index contributed by atoms with van der Waals surface area (Å²) in [4.78, 5) is 11.8. The van der Waals surface area contributed by atoms with Gasteiger partial charge in [0.2, 0.25) is 0 Å². The molecule has 1 amide bonds. The Labute approximate surface area is 115 Å². The number of carbonyl (C=O) groups is 1. The highest BCUT2D eigenvalue weighted by Gasteiger charge is 2.16. The summed E-state index contributed by atoms with van der Waals surface area (Å²) in [5.74, 6) is 0.325. The van der Waals surface area contributed by atoms with Crippen LogP contribution in [0.15, 0.2) is 18.2 Å². The summed E-state index contributed by atoms with van der Waals surface area (Å²) >= 11 is 0. The zero-order chi connectivity index (χ0) is 14.6. The second kappa shape index (κ2) is 6.68. The van der Waals surface area contributed by atoms with Crippen molar-refractivity contribution in [2.75, 3.05) is 14.1 Å². The van der Waals surface area contributed by atoms with Crippen LogP contribution in [0, 0.1) is 6.92 Å². The number of hydrogen-bond acceptors (Lipinski definition) is 3. The zero-order valence-corrected chi connectivity index (χ0v) is 12.5. The van der Waals surface area contributed by atoms with E-state index >= 15 is 0 Å². The maximum atomic E-state index is 11.8. The van der Waals surface area contributed by atoms with Gasteiger partial charge in [0, 0.05) is 14.1 Å². The minimum Gasteiger partial charge on any atom is -0.320 e. The van der Waals surface area contributed by atoms with Gasteiger partial charge in [-0.15, -0.1) is 0 Å². The molecule has 0 fully saturated rings. The fourth-order valence-electron chi connectivity index (χ4n) is 1.90. The third-order valence-electron chi connectivity index (χ3n) is 3.15. The molecule has 0 spiro atoms. The molecule has 0 saturated heterocycles. The molecular weight excluding hydrogens is 238 g/mol. The first-order valence-electron chi connectivity index (χ1n) is 6.64. The molecule has 0 aliphatic heterocycles. The molecule has 1 atom stereocenters. The van der Waals surface area contributed by atoms with E-state index in [0.717, 1.165) is 5.56 Å². The maximum Gasteiger partial charge on any atom is 0.251 e. The molecule has 0 aliphatic carbocycles. The Balaban J connectivity index is 2.81. The first-order chi connectivity index (χ1) is 8.81. The van der Waals surface area contributed by atoms with Gasteiger partial charge in [0.25, 0.3) is 5.91 Å². The van der Waals surface area contributed by atoms with Crippen molar-refractivity contribution < 1.29 is 4.79 Å². The lowest BCUT2D eigenvalue weighted by molar-refractivity contribution is -0.126. The van der Waals surface area contributed by atoms with E-state index in [2.05, 4.69) is 44.4 Å². The Bertz CT molecular complexity index is 441. The molecule has 4 heteroatoms. The van der Waals surface area contributed by atoms with E-state index in [1.807, 2.05) is 0 Å². The van der Waals surface area contributed by atoms with Crippen LogP contribution in [0.2, 0.25) is 0 Å². The van der Waals surface area contributed by atoms with Gasteiger partial charge in [0.05, 0.1) is 6.04 Å². The topological polar surface area (TPSA) is 58.4 Å². The van der Waals surface area contributed by atoms with Crippen molar-refractivity contribution in [3.63, 3.8) is 0 Å². The minimum absolute atomic E-state index is 0.153. The summed E-state index contributed by atoms with van der Waals surface area (Å²) in [6.07, 6.45) is 0.562. The molecule has 0 aliphatic rings. The van der Waals surface area contributed by atoms with E-state index in [1.54, 1.807) is 19.1 Å². The van der Waals surface area contributed by atoms with Crippen LogP contribution in [0.1, 0.15) is 36.5 Å². The Morgan fingerprint density at radius 3 is 2.53 bits per heavy atom. The van der Waals surface area contributed by atoms with Crippen LogP contribution in [-0.4, -0.2) is 31.1 Å². The van der Waals surface area contributed by atoms with Crippen molar-refractivity contribution in [1.29, 1.82) is 0 Å². The first kappa shape index (κ1) is 15.7. The second-order valence-corrected chi connectivity index (χ2v) is 5.52. The highest BCUT2D eigenvalue weighted by molar-refractivity contribution is 5.81. The number of amides is 1. The predicted molar refractivity (Wildman–Crippen MR) is 78.8 cm³/mol. The Hall–Kier alpha value is -1.39. The van der Waals surface area contributed by atoms with Gasteiger partial charge in [-0.25, -0.2) is 5.01 Å². The summed E-state index contributed by atoms with van der Waals surface area (Å²) in [6, 6.07) is 5.86. The van der Waals surface area contributed by atoms with Crippen LogP contribution in [0.3, 0.4) is 0 Å². The molecule has 19 heavy (non-hydrogen) atoms. The average Bonchev–Trinajstić information content (AvgIpc) is 2.30. The van der Waals surface area contributed by atoms with Crippen LogP contribution in [0.25, 0.3) is 0 Å². The monoisotopic (exact) mass is 263 g/mol.